The minimum atomic E-state index is -0.297. The molecule has 0 fully saturated rings. The molecule has 0 unspecified atom stereocenters. The summed E-state index contributed by atoms with van der Waals surface area (Å²) < 4.78 is 0. The molecular weight excluding hydrogens is 328 g/mol. The van der Waals surface area contributed by atoms with Crippen molar-refractivity contribution in [3.05, 3.63) is 46.5 Å². The van der Waals surface area contributed by atoms with Crippen LogP contribution in [0.2, 0.25) is 0 Å². The van der Waals surface area contributed by atoms with Gasteiger partial charge in [-0.15, -0.1) is 11.3 Å². The predicted octanol–water partition coefficient (Wildman–Crippen LogP) is 1.42. The molecule has 0 spiro atoms. The number of nitrogens with two attached hydrogens (primary N) is 1. The fourth-order valence-corrected chi connectivity index (χ4v) is 3.08. The molecule has 1 aliphatic rings. The first-order valence-corrected chi connectivity index (χ1v) is 8.36. The van der Waals surface area contributed by atoms with E-state index in [1.54, 1.807) is 29.6 Å². The number of fused-ring (bicyclic) bond motifs is 1. The van der Waals surface area contributed by atoms with Gasteiger partial charge in [0.2, 0.25) is 5.91 Å². The zero-order chi connectivity index (χ0) is 17.1. The molecule has 1 aromatic heterocycles. The maximum atomic E-state index is 12.2. The highest BCUT2D eigenvalue weighted by molar-refractivity contribution is 7.13. The second-order valence-electron chi connectivity index (χ2n) is 5.36. The van der Waals surface area contributed by atoms with E-state index < -0.39 is 0 Å². The smallest absolute Gasteiger partial charge is 0.261 e. The Morgan fingerprint density at radius 2 is 1.88 bits per heavy atom. The highest BCUT2D eigenvalue weighted by atomic mass is 32.1. The Morgan fingerprint density at radius 3 is 2.46 bits per heavy atom. The molecule has 0 bridgehead atoms. The molecule has 3 N–H and O–H groups in total. The molecule has 1 aromatic carbocycles. The van der Waals surface area contributed by atoms with Crippen LogP contribution in [0.25, 0.3) is 0 Å². The summed E-state index contributed by atoms with van der Waals surface area (Å²) in [5.41, 5.74) is 7.08. The van der Waals surface area contributed by atoms with Crippen LogP contribution in [-0.2, 0) is 11.3 Å². The zero-order valence-electron chi connectivity index (χ0n) is 12.8. The molecule has 0 radical (unpaired) electrons. The average Bonchev–Trinajstić information content (AvgIpc) is 3.10. The Morgan fingerprint density at radius 1 is 1.21 bits per heavy atom. The van der Waals surface area contributed by atoms with E-state index in [1.165, 1.54) is 16.2 Å². The number of hydrogen-bond donors (Lipinski definition) is 2. The molecule has 1 aliphatic heterocycles. The van der Waals surface area contributed by atoms with Crippen molar-refractivity contribution >= 4 is 34.2 Å². The molecule has 3 amide bonds. The second-order valence-corrected chi connectivity index (χ2v) is 6.25. The van der Waals surface area contributed by atoms with Gasteiger partial charge in [-0.2, -0.15) is 0 Å². The number of nitrogen functional groups attached to an aromatic ring is 1. The van der Waals surface area contributed by atoms with Crippen molar-refractivity contribution in [2.24, 2.45) is 0 Å². The third kappa shape index (κ3) is 3.28. The van der Waals surface area contributed by atoms with Crippen molar-refractivity contribution in [2.75, 3.05) is 12.3 Å². The average molecular weight is 344 g/mol. The van der Waals surface area contributed by atoms with Crippen LogP contribution in [0.3, 0.4) is 0 Å². The number of carbonyl (C=O) groups is 3. The molecular formula is C16H16N4O3S. The first-order valence-electron chi connectivity index (χ1n) is 7.48. The summed E-state index contributed by atoms with van der Waals surface area (Å²) in [7, 11) is 0. The number of amides is 3. The van der Waals surface area contributed by atoms with E-state index in [0.717, 1.165) is 0 Å². The number of carbonyl (C=O) groups excluding carboxylic acids is 3. The van der Waals surface area contributed by atoms with E-state index in [1.807, 2.05) is 0 Å². The van der Waals surface area contributed by atoms with Crippen molar-refractivity contribution in [1.82, 2.24) is 15.2 Å². The summed E-state index contributed by atoms with van der Waals surface area (Å²) in [6, 6.07) is 6.74. The first kappa shape index (κ1) is 16.1. The van der Waals surface area contributed by atoms with Gasteiger partial charge in [0.25, 0.3) is 11.8 Å². The predicted molar refractivity (Wildman–Crippen MR) is 89.4 cm³/mol. The number of anilines is 1. The summed E-state index contributed by atoms with van der Waals surface area (Å²) in [5.74, 6) is -0.749. The van der Waals surface area contributed by atoms with Crippen LogP contribution < -0.4 is 11.1 Å². The van der Waals surface area contributed by atoms with E-state index in [2.05, 4.69) is 10.3 Å². The minimum Gasteiger partial charge on any atom is -0.375 e. The number of rotatable bonds is 6. The van der Waals surface area contributed by atoms with E-state index >= 15 is 0 Å². The number of imide groups is 1. The lowest BCUT2D eigenvalue weighted by atomic mass is 10.1. The third-order valence-corrected chi connectivity index (χ3v) is 4.42. The molecule has 2 heterocycles. The monoisotopic (exact) mass is 344 g/mol. The lowest BCUT2D eigenvalue weighted by molar-refractivity contribution is -0.121. The minimum absolute atomic E-state index is 0.154. The summed E-state index contributed by atoms with van der Waals surface area (Å²) >= 11 is 1.32. The number of thiazole rings is 1. The van der Waals surface area contributed by atoms with Crippen molar-refractivity contribution < 1.29 is 14.4 Å². The Bertz CT molecular complexity index is 767. The van der Waals surface area contributed by atoms with Gasteiger partial charge in [-0.05, 0) is 18.6 Å². The van der Waals surface area contributed by atoms with Crippen LogP contribution in [0.1, 0.15) is 39.3 Å². The maximum absolute atomic E-state index is 12.2. The fourth-order valence-electron chi connectivity index (χ4n) is 2.52. The summed E-state index contributed by atoms with van der Waals surface area (Å²) in [4.78, 5) is 41.4. The largest absolute Gasteiger partial charge is 0.375 e. The Labute approximate surface area is 142 Å². The number of nitrogens with one attached hydrogen (secondary N) is 1. The van der Waals surface area contributed by atoms with Gasteiger partial charge in [-0.25, -0.2) is 4.98 Å². The molecule has 7 nitrogen and oxygen atoms in total. The van der Waals surface area contributed by atoms with Gasteiger partial charge in [0.15, 0.2) is 5.13 Å². The van der Waals surface area contributed by atoms with Gasteiger partial charge in [-0.3, -0.25) is 19.3 Å². The molecule has 24 heavy (non-hydrogen) atoms. The normalized spacial score (nSPS) is 13.2. The van der Waals surface area contributed by atoms with Gasteiger partial charge in [0.1, 0.15) is 0 Å². The third-order valence-electron chi connectivity index (χ3n) is 3.70. The quantitative estimate of drug-likeness (QED) is 0.771. The fraction of sp³-hybridized carbons (Fsp3) is 0.250. The van der Waals surface area contributed by atoms with Gasteiger partial charge in [0, 0.05) is 18.3 Å². The molecule has 0 atom stereocenters. The van der Waals surface area contributed by atoms with Crippen LogP contribution in [0.4, 0.5) is 5.13 Å². The van der Waals surface area contributed by atoms with E-state index in [0.29, 0.717) is 34.9 Å². The number of benzene rings is 1. The lowest BCUT2D eigenvalue weighted by Gasteiger charge is -2.13. The van der Waals surface area contributed by atoms with Crippen LogP contribution in [0, 0.1) is 0 Å². The Hall–Kier alpha value is -2.74. The van der Waals surface area contributed by atoms with Crippen molar-refractivity contribution in [3.8, 4) is 0 Å². The van der Waals surface area contributed by atoms with Crippen molar-refractivity contribution in [2.45, 2.75) is 19.4 Å². The zero-order valence-corrected chi connectivity index (χ0v) is 13.6. The molecule has 124 valence electrons. The van der Waals surface area contributed by atoms with E-state index in [-0.39, 0.29) is 30.7 Å². The SMILES string of the molecule is Nc1nc(CNC(=O)CCCN2C(=O)c3ccccc3C2=O)cs1. The Balaban J connectivity index is 1.46. The number of hydrogen-bond acceptors (Lipinski definition) is 6. The maximum Gasteiger partial charge on any atom is 0.261 e. The van der Waals surface area contributed by atoms with Gasteiger partial charge >= 0.3 is 0 Å². The van der Waals surface area contributed by atoms with Crippen LogP contribution in [0.5, 0.6) is 0 Å². The van der Waals surface area contributed by atoms with Gasteiger partial charge < -0.3 is 11.1 Å². The summed E-state index contributed by atoms with van der Waals surface area (Å²) in [6.45, 7) is 0.545. The van der Waals surface area contributed by atoms with Crippen LogP contribution in [-0.4, -0.2) is 34.2 Å². The Kier molecular flexibility index (Phi) is 4.57. The lowest BCUT2D eigenvalue weighted by Crippen LogP contribution is -2.32. The number of aromatic nitrogens is 1. The molecule has 2 aromatic rings. The molecule has 3 rings (SSSR count). The number of nitrogens with zero attached hydrogens (tertiary/aromatic N) is 2. The molecule has 8 heteroatoms. The standard InChI is InChI=1S/C16H16N4O3S/c17-16-19-10(9-24-16)8-18-13(21)6-3-7-20-14(22)11-4-1-2-5-12(11)15(20)23/h1-2,4-5,9H,3,6-8H2,(H2,17,19)(H,18,21). The van der Waals surface area contributed by atoms with E-state index in [9.17, 15) is 14.4 Å². The topological polar surface area (TPSA) is 105 Å². The second kappa shape index (κ2) is 6.79. The molecule has 0 saturated carbocycles. The summed E-state index contributed by atoms with van der Waals surface area (Å²) in [6.07, 6.45) is 0.642. The van der Waals surface area contributed by atoms with E-state index in [4.69, 9.17) is 5.73 Å². The molecule has 0 saturated heterocycles. The van der Waals surface area contributed by atoms with Gasteiger partial charge in [0.05, 0.1) is 23.4 Å². The van der Waals surface area contributed by atoms with Crippen LogP contribution >= 0.6 is 11.3 Å². The van der Waals surface area contributed by atoms with Crippen molar-refractivity contribution in [3.63, 3.8) is 0 Å². The first-order chi connectivity index (χ1) is 11.6. The molecule has 0 aliphatic carbocycles. The highest BCUT2D eigenvalue weighted by Crippen LogP contribution is 2.22. The summed E-state index contributed by atoms with van der Waals surface area (Å²) in [5, 5.41) is 4.99. The van der Waals surface area contributed by atoms with Crippen molar-refractivity contribution in [1.29, 1.82) is 0 Å². The van der Waals surface area contributed by atoms with Gasteiger partial charge in [-0.1, -0.05) is 12.1 Å². The van der Waals surface area contributed by atoms with Crippen LogP contribution in [0.15, 0.2) is 29.6 Å². The highest BCUT2D eigenvalue weighted by Gasteiger charge is 2.34.